The van der Waals surface area contributed by atoms with Crippen LogP contribution in [0.1, 0.15) is 11.5 Å². The van der Waals surface area contributed by atoms with Gasteiger partial charge in [0.2, 0.25) is 5.95 Å². The van der Waals surface area contributed by atoms with E-state index in [1.807, 2.05) is 26.2 Å². The van der Waals surface area contributed by atoms with Gasteiger partial charge in [0.15, 0.2) is 0 Å². The third-order valence-corrected chi connectivity index (χ3v) is 4.33. The highest BCUT2D eigenvalue weighted by Crippen LogP contribution is 2.20. The number of carboxylic acids is 1. The number of nitrogens with one attached hydrogen (secondary N) is 2. The molecule has 3 N–H and O–H groups in total. The van der Waals surface area contributed by atoms with E-state index < -0.39 is 12.1 Å². The quantitative estimate of drug-likeness (QED) is 0.386. The highest BCUT2D eigenvalue weighted by atomic mass is 19.4. The average molecular weight is 465 g/mol. The van der Waals surface area contributed by atoms with Crippen molar-refractivity contribution >= 4 is 23.0 Å². The molecule has 3 aromatic heterocycles. The zero-order chi connectivity index (χ0) is 24.2. The standard InChI is InChI=1S/C18H18FN7.C2HF3O2/c1-11-13(10-26(2)25-11)14-5-7-20-18(24-14)21-8-6-17-22-15-4-3-12(19)9-16(15)23-17;3-2(4,5)1(6)7/h3-5,7,9-10H,6,8H2,1-2H3,(H,22,23)(H,20,21,24);(H,6,7). The molecule has 0 amide bonds. The van der Waals surface area contributed by atoms with Crippen molar-refractivity contribution in [2.75, 3.05) is 11.9 Å². The number of alkyl halides is 3. The van der Waals surface area contributed by atoms with Crippen LogP contribution in [0.15, 0.2) is 36.7 Å². The Bertz CT molecular complexity index is 1270. The molecule has 0 radical (unpaired) electrons. The predicted octanol–water partition coefficient (Wildman–Crippen LogP) is 3.49. The first-order chi connectivity index (χ1) is 15.5. The fraction of sp³-hybridized carbons (Fsp3) is 0.250. The zero-order valence-corrected chi connectivity index (χ0v) is 17.5. The van der Waals surface area contributed by atoms with Crippen LogP contribution in [0.25, 0.3) is 22.3 Å². The highest BCUT2D eigenvalue weighted by Gasteiger charge is 2.38. The van der Waals surface area contributed by atoms with E-state index in [4.69, 9.17) is 9.90 Å². The van der Waals surface area contributed by atoms with Crippen LogP contribution in [-0.4, -0.2) is 53.5 Å². The molecule has 0 saturated heterocycles. The van der Waals surface area contributed by atoms with Gasteiger partial charge in [0.25, 0.3) is 0 Å². The number of hydrogen-bond donors (Lipinski definition) is 3. The number of aromatic nitrogens is 6. The van der Waals surface area contributed by atoms with Crippen molar-refractivity contribution in [1.82, 2.24) is 29.7 Å². The van der Waals surface area contributed by atoms with Gasteiger partial charge in [0.1, 0.15) is 11.6 Å². The van der Waals surface area contributed by atoms with Crippen molar-refractivity contribution in [3.63, 3.8) is 0 Å². The monoisotopic (exact) mass is 465 g/mol. The minimum Gasteiger partial charge on any atom is -0.475 e. The van der Waals surface area contributed by atoms with Crippen molar-refractivity contribution in [3.8, 4) is 11.3 Å². The average Bonchev–Trinajstić information content (AvgIpc) is 3.29. The highest BCUT2D eigenvalue weighted by molar-refractivity contribution is 5.75. The summed E-state index contributed by atoms with van der Waals surface area (Å²) in [5.41, 5.74) is 4.19. The molecular formula is C20H19F4N7O2. The van der Waals surface area contributed by atoms with E-state index >= 15 is 0 Å². The summed E-state index contributed by atoms with van der Waals surface area (Å²) in [5.74, 6) is -1.69. The van der Waals surface area contributed by atoms with Gasteiger partial charge in [0, 0.05) is 38.0 Å². The summed E-state index contributed by atoms with van der Waals surface area (Å²) in [5, 5.41) is 14.7. The van der Waals surface area contributed by atoms with E-state index in [1.54, 1.807) is 16.9 Å². The summed E-state index contributed by atoms with van der Waals surface area (Å²) in [6, 6.07) is 6.39. The molecule has 13 heteroatoms. The van der Waals surface area contributed by atoms with Gasteiger partial charge >= 0.3 is 12.1 Å². The van der Waals surface area contributed by atoms with Gasteiger partial charge in [-0.3, -0.25) is 4.68 Å². The number of hydrogen-bond acceptors (Lipinski definition) is 6. The molecule has 1 aromatic carbocycles. The van der Waals surface area contributed by atoms with Gasteiger partial charge in [-0.2, -0.15) is 18.3 Å². The molecule has 174 valence electrons. The second-order valence-corrected chi connectivity index (χ2v) is 6.89. The van der Waals surface area contributed by atoms with Crippen molar-refractivity contribution in [1.29, 1.82) is 0 Å². The molecule has 3 heterocycles. The molecule has 0 saturated carbocycles. The zero-order valence-electron chi connectivity index (χ0n) is 17.5. The van der Waals surface area contributed by atoms with Crippen molar-refractivity contribution < 1.29 is 27.5 Å². The van der Waals surface area contributed by atoms with Crippen LogP contribution >= 0.6 is 0 Å². The Morgan fingerprint density at radius 3 is 2.61 bits per heavy atom. The lowest BCUT2D eigenvalue weighted by molar-refractivity contribution is -0.192. The summed E-state index contributed by atoms with van der Waals surface area (Å²) in [7, 11) is 1.88. The summed E-state index contributed by atoms with van der Waals surface area (Å²) in [6.45, 7) is 2.56. The number of carboxylic acid groups (broad SMARTS) is 1. The molecular weight excluding hydrogens is 446 g/mol. The van der Waals surface area contributed by atoms with Gasteiger partial charge in [-0.1, -0.05) is 0 Å². The van der Waals surface area contributed by atoms with Crippen LogP contribution in [0.3, 0.4) is 0 Å². The molecule has 0 bridgehead atoms. The Balaban J connectivity index is 0.000000383. The van der Waals surface area contributed by atoms with Crippen LogP contribution in [0.2, 0.25) is 0 Å². The molecule has 4 aromatic rings. The minimum atomic E-state index is -5.08. The van der Waals surface area contributed by atoms with Gasteiger partial charge < -0.3 is 15.4 Å². The first-order valence-electron chi connectivity index (χ1n) is 9.54. The van der Waals surface area contributed by atoms with Crippen molar-refractivity contribution in [2.45, 2.75) is 19.5 Å². The number of imidazole rings is 1. The third kappa shape index (κ3) is 6.24. The Morgan fingerprint density at radius 1 is 1.24 bits per heavy atom. The van der Waals surface area contributed by atoms with Crippen LogP contribution in [0.5, 0.6) is 0 Å². The molecule has 9 nitrogen and oxygen atoms in total. The van der Waals surface area contributed by atoms with Gasteiger partial charge in [-0.25, -0.2) is 24.1 Å². The lowest BCUT2D eigenvalue weighted by Gasteiger charge is -2.05. The topological polar surface area (TPSA) is 122 Å². The minimum absolute atomic E-state index is 0.276. The van der Waals surface area contributed by atoms with Crippen LogP contribution < -0.4 is 5.32 Å². The van der Waals surface area contributed by atoms with Crippen LogP contribution in [0, 0.1) is 12.7 Å². The van der Waals surface area contributed by atoms with Crippen molar-refractivity contribution in [3.05, 3.63) is 54.0 Å². The van der Waals surface area contributed by atoms with Gasteiger partial charge in [0.05, 0.1) is 22.4 Å². The number of aryl methyl sites for hydroxylation is 2. The number of aliphatic carboxylic acids is 1. The number of aromatic amines is 1. The Morgan fingerprint density at radius 2 is 1.97 bits per heavy atom. The Kier molecular flexibility index (Phi) is 6.89. The first-order valence-corrected chi connectivity index (χ1v) is 9.54. The molecule has 0 unspecified atom stereocenters. The van der Waals surface area contributed by atoms with E-state index in [9.17, 15) is 17.6 Å². The third-order valence-electron chi connectivity index (χ3n) is 4.33. The maximum Gasteiger partial charge on any atom is 0.490 e. The maximum atomic E-state index is 13.2. The van der Waals surface area contributed by atoms with Crippen LogP contribution in [-0.2, 0) is 18.3 Å². The summed E-state index contributed by atoms with van der Waals surface area (Å²) < 4.78 is 46.7. The van der Waals surface area contributed by atoms with E-state index in [1.165, 1.54) is 12.1 Å². The summed E-state index contributed by atoms with van der Waals surface area (Å²) in [4.78, 5) is 25.3. The predicted molar refractivity (Wildman–Crippen MR) is 111 cm³/mol. The Labute approximate surface area is 184 Å². The lowest BCUT2D eigenvalue weighted by Crippen LogP contribution is -2.21. The summed E-state index contributed by atoms with van der Waals surface area (Å²) >= 11 is 0. The summed E-state index contributed by atoms with van der Waals surface area (Å²) in [6.07, 6.45) is -0.772. The molecule has 0 aliphatic carbocycles. The lowest BCUT2D eigenvalue weighted by atomic mass is 10.2. The van der Waals surface area contributed by atoms with Gasteiger partial charge in [-0.05, 0) is 31.2 Å². The normalized spacial score (nSPS) is 11.2. The number of halogens is 4. The molecule has 4 rings (SSSR count). The number of fused-ring (bicyclic) bond motifs is 1. The fourth-order valence-electron chi connectivity index (χ4n) is 2.89. The van der Waals surface area contributed by atoms with E-state index in [2.05, 4.69) is 30.4 Å². The number of H-pyrrole nitrogens is 1. The fourth-order valence-corrected chi connectivity index (χ4v) is 2.89. The SMILES string of the molecule is Cc1nn(C)cc1-c1ccnc(NCCc2nc3ccc(F)cc3[nH]2)n1.O=C(O)C(F)(F)F. The number of nitrogens with zero attached hydrogens (tertiary/aromatic N) is 5. The van der Waals surface area contributed by atoms with Crippen molar-refractivity contribution in [2.24, 2.45) is 7.05 Å². The number of anilines is 1. The molecule has 0 spiro atoms. The van der Waals surface area contributed by atoms with Crippen LogP contribution in [0.4, 0.5) is 23.5 Å². The smallest absolute Gasteiger partial charge is 0.475 e. The number of benzene rings is 1. The molecule has 0 fully saturated rings. The molecule has 0 aliphatic heterocycles. The largest absolute Gasteiger partial charge is 0.490 e. The maximum absolute atomic E-state index is 13.2. The Hall–Kier alpha value is -4.03. The molecule has 0 aliphatic rings. The number of carbonyl (C=O) groups is 1. The van der Waals surface area contributed by atoms with E-state index in [-0.39, 0.29) is 5.82 Å². The van der Waals surface area contributed by atoms with E-state index in [0.29, 0.717) is 24.4 Å². The molecule has 0 atom stereocenters. The molecule has 33 heavy (non-hydrogen) atoms. The second-order valence-electron chi connectivity index (χ2n) is 6.89. The van der Waals surface area contributed by atoms with E-state index in [0.717, 1.165) is 28.3 Å². The first kappa shape index (κ1) is 23.6. The second kappa shape index (κ2) is 9.63. The number of rotatable bonds is 5. The van der Waals surface area contributed by atoms with Gasteiger partial charge in [-0.15, -0.1) is 0 Å².